The van der Waals surface area contributed by atoms with Gasteiger partial charge in [-0.05, 0) is 43.4 Å². The molecule has 2 fully saturated rings. The lowest BCUT2D eigenvalue weighted by Gasteiger charge is -2.37. The zero-order valence-corrected chi connectivity index (χ0v) is 14.7. The molecule has 1 aliphatic heterocycles. The van der Waals surface area contributed by atoms with Crippen LogP contribution in [0.4, 0.5) is 0 Å². The molecule has 0 radical (unpaired) electrons. The lowest BCUT2D eigenvalue weighted by Crippen LogP contribution is -2.41. The number of hydrogen-bond acceptors (Lipinski definition) is 3. The molecule has 1 N–H and O–H groups in total. The second-order valence-electron chi connectivity index (χ2n) is 7.66. The Bertz CT molecular complexity index is 423. The van der Waals surface area contributed by atoms with Gasteiger partial charge in [-0.1, -0.05) is 27.2 Å². The second kappa shape index (κ2) is 8.13. The summed E-state index contributed by atoms with van der Waals surface area (Å²) in [4.78, 5) is 25.1. The molecule has 0 aromatic carbocycles. The van der Waals surface area contributed by atoms with Gasteiger partial charge in [-0.3, -0.25) is 9.59 Å². The van der Waals surface area contributed by atoms with Crippen molar-refractivity contribution in [2.45, 2.75) is 71.4 Å². The third kappa shape index (κ3) is 4.93. The monoisotopic (exact) mass is 325 g/mol. The molecule has 5 nitrogen and oxygen atoms in total. The summed E-state index contributed by atoms with van der Waals surface area (Å²) in [5, 5.41) is 8.96. The maximum atomic E-state index is 12.4. The average Bonchev–Trinajstić information content (AvgIpc) is 2.91. The number of carbonyl (C=O) groups excluding carboxylic acids is 1. The van der Waals surface area contributed by atoms with E-state index in [4.69, 9.17) is 9.84 Å². The minimum absolute atomic E-state index is 0.0425. The Balaban J connectivity index is 1.88. The van der Waals surface area contributed by atoms with Gasteiger partial charge in [0.05, 0.1) is 12.5 Å². The largest absolute Gasteiger partial charge is 0.481 e. The van der Waals surface area contributed by atoms with Crippen LogP contribution in [0, 0.1) is 17.8 Å². The van der Waals surface area contributed by atoms with Crippen molar-refractivity contribution in [2.75, 3.05) is 13.2 Å². The van der Waals surface area contributed by atoms with Crippen LogP contribution in [0.25, 0.3) is 0 Å². The van der Waals surface area contributed by atoms with Gasteiger partial charge < -0.3 is 14.7 Å². The summed E-state index contributed by atoms with van der Waals surface area (Å²) in [5.41, 5.74) is 0. The Morgan fingerprint density at radius 2 is 2.00 bits per heavy atom. The molecular weight excluding hydrogens is 294 g/mol. The fourth-order valence-corrected chi connectivity index (χ4v) is 4.15. The average molecular weight is 325 g/mol. The molecule has 0 aromatic rings. The van der Waals surface area contributed by atoms with E-state index in [1.54, 1.807) is 4.90 Å². The number of amides is 1. The van der Waals surface area contributed by atoms with E-state index in [1.807, 2.05) is 0 Å². The first-order chi connectivity index (χ1) is 10.9. The van der Waals surface area contributed by atoms with Crippen LogP contribution >= 0.6 is 0 Å². The third-order valence-corrected chi connectivity index (χ3v) is 5.49. The molecular formula is C18H31NO4. The highest BCUT2D eigenvalue weighted by Crippen LogP contribution is 2.35. The first-order valence-corrected chi connectivity index (χ1v) is 9.01. The molecule has 0 aromatic heterocycles. The number of ether oxygens (including phenoxy) is 1. The molecule has 4 atom stereocenters. The normalized spacial score (nSPS) is 31.6. The number of aliphatic carboxylic acids is 1. The summed E-state index contributed by atoms with van der Waals surface area (Å²) in [6.45, 7) is 7.45. The van der Waals surface area contributed by atoms with Crippen LogP contribution in [0.2, 0.25) is 0 Å². The van der Waals surface area contributed by atoms with E-state index in [0.717, 1.165) is 19.3 Å². The lowest BCUT2D eigenvalue weighted by atomic mass is 9.75. The molecule has 1 amide bonds. The Hall–Kier alpha value is -1.10. The Morgan fingerprint density at radius 1 is 1.26 bits per heavy atom. The molecule has 2 rings (SSSR count). The van der Waals surface area contributed by atoms with Crippen LogP contribution < -0.4 is 0 Å². The molecule has 23 heavy (non-hydrogen) atoms. The highest BCUT2D eigenvalue weighted by molar-refractivity contribution is 5.79. The predicted octanol–water partition coefficient (Wildman–Crippen LogP) is 2.93. The van der Waals surface area contributed by atoms with E-state index in [-0.39, 0.29) is 31.1 Å². The van der Waals surface area contributed by atoms with Crippen molar-refractivity contribution in [3.05, 3.63) is 0 Å². The van der Waals surface area contributed by atoms with Gasteiger partial charge in [0.2, 0.25) is 5.91 Å². The van der Waals surface area contributed by atoms with Gasteiger partial charge in [-0.15, -0.1) is 0 Å². The summed E-state index contributed by atoms with van der Waals surface area (Å²) >= 11 is 0. The van der Waals surface area contributed by atoms with Crippen molar-refractivity contribution in [3.8, 4) is 0 Å². The van der Waals surface area contributed by atoms with Gasteiger partial charge in [-0.2, -0.15) is 0 Å². The maximum Gasteiger partial charge on any atom is 0.305 e. The number of rotatable bonds is 6. The van der Waals surface area contributed by atoms with Crippen molar-refractivity contribution >= 4 is 11.9 Å². The van der Waals surface area contributed by atoms with Crippen molar-refractivity contribution in [3.63, 3.8) is 0 Å². The number of nitrogens with zero attached hydrogens (tertiary/aromatic N) is 1. The first kappa shape index (κ1) is 18.2. The fourth-order valence-electron chi connectivity index (χ4n) is 4.15. The van der Waals surface area contributed by atoms with Gasteiger partial charge in [0, 0.05) is 12.6 Å². The van der Waals surface area contributed by atoms with E-state index >= 15 is 0 Å². The second-order valence-corrected chi connectivity index (χ2v) is 7.66. The third-order valence-electron chi connectivity index (χ3n) is 5.49. The molecule has 1 saturated heterocycles. The standard InChI is InChI=1S/C18H31NO4/c1-12(2)15-7-6-13(3)9-16(15)23-11-17(20)19-8-4-5-14(19)10-18(21)22/h12-16H,4-11H2,1-3H3,(H,21,22). The summed E-state index contributed by atoms with van der Waals surface area (Å²) in [5.74, 6) is 0.851. The highest BCUT2D eigenvalue weighted by atomic mass is 16.5. The van der Waals surface area contributed by atoms with Crippen molar-refractivity contribution in [1.82, 2.24) is 4.90 Å². The van der Waals surface area contributed by atoms with E-state index in [0.29, 0.717) is 24.3 Å². The molecule has 132 valence electrons. The number of carbonyl (C=O) groups is 2. The van der Waals surface area contributed by atoms with E-state index in [9.17, 15) is 9.59 Å². The van der Waals surface area contributed by atoms with Gasteiger partial charge in [0.15, 0.2) is 0 Å². The molecule has 1 heterocycles. The van der Waals surface area contributed by atoms with Crippen molar-refractivity contribution in [2.24, 2.45) is 17.8 Å². The van der Waals surface area contributed by atoms with Crippen LogP contribution in [0.15, 0.2) is 0 Å². The van der Waals surface area contributed by atoms with Gasteiger partial charge in [0.1, 0.15) is 6.61 Å². The van der Waals surface area contributed by atoms with Crippen molar-refractivity contribution in [1.29, 1.82) is 0 Å². The minimum Gasteiger partial charge on any atom is -0.481 e. The van der Waals surface area contributed by atoms with Gasteiger partial charge in [0.25, 0.3) is 0 Å². The van der Waals surface area contributed by atoms with Crippen LogP contribution in [-0.2, 0) is 14.3 Å². The lowest BCUT2D eigenvalue weighted by molar-refractivity contribution is -0.144. The summed E-state index contributed by atoms with van der Waals surface area (Å²) in [6, 6.07) is -0.158. The first-order valence-electron chi connectivity index (χ1n) is 9.01. The smallest absolute Gasteiger partial charge is 0.305 e. The molecule has 5 heteroatoms. The Kier molecular flexibility index (Phi) is 6.45. The van der Waals surface area contributed by atoms with E-state index in [1.165, 1.54) is 12.8 Å². The van der Waals surface area contributed by atoms with E-state index < -0.39 is 5.97 Å². The van der Waals surface area contributed by atoms with Crippen molar-refractivity contribution < 1.29 is 19.4 Å². The van der Waals surface area contributed by atoms with E-state index in [2.05, 4.69) is 20.8 Å². The highest BCUT2D eigenvalue weighted by Gasteiger charge is 2.34. The number of carboxylic acids is 1. The quantitative estimate of drug-likeness (QED) is 0.815. The summed E-state index contributed by atoms with van der Waals surface area (Å²) in [6.07, 6.45) is 5.30. The maximum absolute atomic E-state index is 12.4. The Labute approximate surface area is 139 Å². The molecule has 2 aliphatic rings. The molecule has 0 bridgehead atoms. The topological polar surface area (TPSA) is 66.8 Å². The molecule has 0 spiro atoms. The number of hydrogen-bond donors (Lipinski definition) is 1. The Morgan fingerprint density at radius 3 is 2.65 bits per heavy atom. The van der Waals surface area contributed by atoms with Gasteiger partial charge in [-0.25, -0.2) is 0 Å². The number of likely N-dealkylation sites (tertiary alicyclic amines) is 1. The zero-order chi connectivity index (χ0) is 17.0. The summed E-state index contributed by atoms with van der Waals surface area (Å²) < 4.78 is 6.02. The summed E-state index contributed by atoms with van der Waals surface area (Å²) in [7, 11) is 0. The van der Waals surface area contributed by atoms with Crippen LogP contribution in [-0.4, -0.2) is 47.2 Å². The SMILES string of the molecule is CC1CCC(C(C)C)C(OCC(=O)N2CCCC2CC(=O)O)C1. The molecule has 4 unspecified atom stereocenters. The van der Waals surface area contributed by atoms with Crippen LogP contribution in [0.5, 0.6) is 0 Å². The van der Waals surface area contributed by atoms with Crippen LogP contribution in [0.1, 0.15) is 59.3 Å². The number of carboxylic acid groups (broad SMARTS) is 1. The fraction of sp³-hybridized carbons (Fsp3) is 0.889. The minimum atomic E-state index is -0.836. The molecule has 1 aliphatic carbocycles. The molecule has 1 saturated carbocycles. The predicted molar refractivity (Wildman–Crippen MR) is 88.1 cm³/mol. The zero-order valence-electron chi connectivity index (χ0n) is 14.7. The van der Waals surface area contributed by atoms with Gasteiger partial charge >= 0.3 is 5.97 Å². The van der Waals surface area contributed by atoms with Crippen LogP contribution in [0.3, 0.4) is 0 Å².